The minimum absolute atomic E-state index is 0.408. The molecule has 264 valence electrons. The lowest BCUT2D eigenvalue weighted by atomic mass is 10.0. The van der Waals surface area contributed by atoms with E-state index in [2.05, 4.69) is 156 Å². The van der Waals surface area contributed by atoms with Gasteiger partial charge in [-0.15, -0.1) is 0 Å². The fraction of sp³-hybridized carbons (Fsp3) is 0.0612. The number of hydrogen-bond acceptors (Lipinski definition) is 4. The number of fused-ring (bicyclic) bond motifs is 8. The lowest BCUT2D eigenvalue weighted by Crippen LogP contribution is -2.01. The molecule has 0 radical (unpaired) electrons. The van der Waals surface area contributed by atoms with E-state index in [4.69, 9.17) is 19.4 Å². The van der Waals surface area contributed by atoms with Crippen LogP contribution in [0.4, 0.5) is 0 Å². The Morgan fingerprint density at radius 2 is 0.855 bits per heavy atom. The Hall–Kier alpha value is -6.86. The van der Waals surface area contributed by atoms with E-state index in [0.717, 1.165) is 94.9 Å². The zero-order valence-electron chi connectivity index (χ0n) is 29.9. The van der Waals surface area contributed by atoms with E-state index in [1.165, 1.54) is 0 Å². The van der Waals surface area contributed by atoms with Crippen LogP contribution in [0, 0.1) is 0 Å². The largest absolute Gasteiger partial charge is 0.354 e. The van der Waals surface area contributed by atoms with Gasteiger partial charge < -0.3 is 19.4 Å². The van der Waals surface area contributed by atoms with Crippen molar-refractivity contribution in [2.45, 2.75) is 6.29 Å². The zero-order valence-corrected chi connectivity index (χ0v) is 29.9. The minimum Gasteiger partial charge on any atom is -0.354 e. The van der Waals surface area contributed by atoms with Crippen molar-refractivity contribution in [3.8, 4) is 44.5 Å². The summed E-state index contributed by atoms with van der Waals surface area (Å²) in [6, 6.07) is 48.5. The normalized spacial score (nSPS) is 14.0. The molecule has 1 saturated heterocycles. The quantitative estimate of drug-likeness (QED) is 0.180. The topological polar surface area (TPSA) is 75.8 Å². The molecule has 3 aromatic heterocycles. The third-order valence-electron chi connectivity index (χ3n) is 10.2. The second-order valence-electron chi connectivity index (χ2n) is 13.7. The number of ether oxygens (including phenoxy) is 2. The Balaban J connectivity index is 1.40. The molecule has 4 aromatic carbocycles. The average Bonchev–Trinajstić information content (AvgIpc) is 4.10. The van der Waals surface area contributed by atoms with Gasteiger partial charge in [0.05, 0.1) is 41.5 Å². The highest BCUT2D eigenvalue weighted by molar-refractivity contribution is 6.01. The standard InChI is InChI=1S/C49H36N4O2/c1-5-13-32(14-6-1)45-37-22-23-38(50-37)46(33-15-7-2-8-16-33)40-26-27-42(52-40)48(35-19-11-4-12-20-35)49-36(21-28-44-54-29-30-55-44)31-43(53-49)47(34-17-9-3-10-18-34)41-25-24-39(45)51-41/h1-28,31,44,50,53H,29-30H2. The van der Waals surface area contributed by atoms with Crippen LogP contribution in [-0.4, -0.2) is 39.4 Å². The maximum absolute atomic E-state index is 5.84. The first-order valence-electron chi connectivity index (χ1n) is 18.6. The maximum Gasteiger partial charge on any atom is 0.177 e. The first-order chi connectivity index (χ1) is 27.3. The molecule has 2 N–H and O–H groups in total. The first-order valence-corrected chi connectivity index (χ1v) is 18.6. The summed E-state index contributed by atoms with van der Waals surface area (Å²) < 4.78 is 11.7. The van der Waals surface area contributed by atoms with Gasteiger partial charge in [-0.3, -0.25) is 0 Å². The van der Waals surface area contributed by atoms with Crippen molar-refractivity contribution in [2.24, 2.45) is 0 Å². The van der Waals surface area contributed by atoms with Crippen LogP contribution in [0.5, 0.6) is 0 Å². The minimum atomic E-state index is -0.408. The Bertz CT molecular complexity index is 2790. The van der Waals surface area contributed by atoms with Crippen LogP contribution in [0.1, 0.15) is 28.3 Å². The molecule has 0 atom stereocenters. The molecule has 10 rings (SSSR count). The summed E-state index contributed by atoms with van der Waals surface area (Å²) in [5.41, 5.74) is 16.6. The molecule has 0 amide bonds. The monoisotopic (exact) mass is 712 g/mol. The SMILES string of the molecule is C1=Cc2nc1c(-c1ccccc1)c1ccc([nH]1)c(-c1ccccc1)c1nc(c(-c3ccccc3)c3[nH]c(cc3C=CC3OCCO3)c2-c2ccccc2)C=C1. The van der Waals surface area contributed by atoms with Crippen LogP contribution in [0.3, 0.4) is 0 Å². The van der Waals surface area contributed by atoms with Crippen LogP contribution >= 0.6 is 0 Å². The van der Waals surface area contributed by atoms with Crippen LogP contribution in [-0.2, 0) is 9.47 Å². The van der Waals surface area contributed by atoms with Crippen LogP contribution < -0.4 is 0 Å². The second kappa shape index (κ2) is 14.2. The molecule has 7 aromatic rings. The molecule has 6 heteroatoms. The smallest absolute Gasteiger partial charge is 0.177 e. The molecule has 6 nitrogen and oxygen atoms in total. The molecule has 1 fully saturated rings. The average molecular weight is 713 g/mol. The van der Waals surface area contributed by atoms with Gasteiger partial charge in [0.15, 0.2) is 6.29 Å². The Morgan fingerprint density at radius 3 is 1.31 bits per heavy atom. The fourth-order valence-electron chi connectivity index (χ4n) is 7.75. The summed E-state index contributed by atoms with van der Waals surface area (Å²) in [5.74, 6) is 0. The third-order valence-corrected chi connectivity index (χ3v) is 10.2. The van der Waals surface area contributed by atoms with Gasteiger partial charge in [0.1, 0.15) is 0 Å². The third kappa shape index (κ3) is 6.23. The van der Waals surface area contributed by atoms with Gasteiger partial charge in [-0.2, -0.15) is 0 Å². The van der Waals surface area contributed by atoms with Crippen molar-refractivity contribution in [1.29, 1.82) is 0 Å². The summed E-state index contributed by atoms with van der Waals surface area (Å²) >= 11 is 0. The van der Waals surface area contributed by atoms with Crippen LogP contribution in [0.25, 0.3) is 97.0 Å². The van der Waals surface area contributed by atoms with E-state index in [1.807, 2.05) is 30.3 Å². The first kappa shape index (κ1) is 32.8. The van der Waals surface area contributed by atoms with Gasteiger partial charge in [-0.1, -0.05) is 127 Å². The number of aromatic amines is 2. The number of rotatable bonds is 6. The molecule has 3 aliphatic rings. The Labute approximate surface area is 318 Å². The van der Waals surface area contributed by atoms with Gasteiger partial charge in [-0.05, 0) is 70.8 Å². The molecule has 8 bridgehead atoms. The van der Waals surface area contributed by atoms with Crippen molar-refractivity contribution in [3.05, 3.63) is 174 Å². The number of H-pyrrole nitrogens is 2. The van der Waals surface area contributed by atoms with Gasteiger partial charge in [0.2, 0.25) is 0 Å². The predicted molar refractivity (Wildman–Crippen MR) is 225 cm³/mol. The van der Waals surface area contributed by atoms with Crippen LogP contribution in [0.15, 0.2) is 146 Å². The van der Waals surface area contributed by atoms with Crippen molar-refractivity contribution in [1.82, 2.24) is 19.9 Å². The highest BCUT2D eigenvalue weighted by Crippen LogP contribution is 2.39. The van der Waals surface area contributed by atoms with E-state index in [1.54, 1.807) is 0 Å². The molecule has 0 spiro atoms. The molecular weight excluding hydrogens is 677 g/mol. The molecule has 0 saturated carbocycles. The lowest BCUT2D eigenvalue weighted by Gasteiger charge is -2.07. The number of nitrogens with one attached hydrogen (secondary N) is 2. The molecule has 0 unspecified atom stereocenters. The van der Waals surface area contributed by atoms with Crippen molar-refractivity contribution in [3.63, 3.8) is 0 Å². The van der Waals surface area contributed by atoms with Crippen molar-refractivity contribution < 1.29 is 9.47 Å². The van der Waals surface area contributed by atoms with E-state index < -0.39 is 6.29 Å². The number of aromatic nitrogens is 4. The second-order valence-corrected chi connectivity index (χ2v) is 13.7. The Morgan fingerprint density at radius 1 is 0.455 bits per heavy atom. The summed E-state index contributed by atoms with van der Waals surface area (Å²) in [4.78, 5) is 18.6. The van der Waals surface area contributed by atoms with Crippen molar-refractivity contribution >= 4 is 52.4 Å². The van der Waals surface area contributed by atoms with E-state index in [-0.39, 0.29) is 0 Å². The molecule has 0 aliphatic carbocycles. The zero-order chi connectivity index (χ0) is 36.6. The predicted octanol–water partition coefficient (Wildman–Crippen LogP) is 11.7. The summed E-state index contributed by atoms with van der Waals surface area (Å²) in [7, 11) is 0. The molecule has 3 aliphatic heterocycles. The fourth-order valence-corrected chi connectivity index (χ4v) is 7.75. The number of benzene rings is 4. The van der Waals surface area contributed by atoms with E-state index in [9.17, 15) is 0 Å². The van der Waals surface area contributed by atoms with Crippen LogP contribution in [0.2, 0.25) is 0 Å². The molecular formula is C49H36N4O2. The highest BCUT2D eigenvalue weighted by atomic mass is 16.7. The molecule has 55 heavy (non-hydrogen) atoms. The van der Waals surface area contributed by atoms with E-state index >= 15 is 0 Å². The summed E-state index contributed by atoms with van der Waals surface area (Å²) in [6.45, 7) is 1.15. The van der Waals surface area contributed by atoms with Gasteiger partial charge in [0, 0.05) is 44.4 Å². The van der Waals surface area contributed by atoms with Gasteiger partial charge in [0.25, 0.3) is 0 Å². The molecule has 6 heterocycles. The summed E-state index contributed by atoms with van der Waals surface area (Å²) in [6.07, 6.45) is 12.2. The van der Waals surface area contributed by atoms with E-state index in [0.29, 0.717) is 13.2 Å². The highest BCUT2D eigenvalue weighted by Gasteiger charge is 2.20. The Kier molecular flexibility index (Phi) is 8.44. The lowest BCUT2D eigenvalue weighted by molar-refractivity contribution is -0.000905. The number of hydrogen-bond donors (Lipinski definition) is 2. The number of nitrogens with zero attached hydrogens (tertiary/aromatic N) is 2. The van der Waals surface area contributed by atoms with Gasteiger partial charge in [-0.25, -0.2) is 9.97 Å². The maximum atomic E-state index is 5.84. The van der Waals surface area contributed by atoms with Gasteiger partial charge >= 0.3 is 0 Å². The summed E-state index contributed by atoms with van der Waals surface area (Å²) in [5, 5.41) is 0. The van der Waals surface area contributed by atoms with Crippen molar-refractivity contribution in [2.75, 3.05) is 13.2 Å².